The second-order valence-electron chi connectivity index (χ2n) is 1.74. The van der Waals surface area contributed by atoms with E-state index in [2.05, 4.69) is 18.9 Å². The van der Waals surface area contributed by atoms with Gasteiger partial charge in [0.15, 0.2) is 10.3 Å². The quantitative estimate of drug-likeness (QED) is 0.660. The van der Waals surface area contributed by atoms with E-state index in [0.29, 0.717) is 11.0 Å². The molecule has 0 saturated carbocycles. The normalized spacial score (nSPS) is 10.7. The van der Waals surface area contributed by atoms with E-state index in [9.17, 15) is 0 Å². The Morgan fingerprint density at radius 1 is 0.909 bits per heavy atom. The predicted molar refractivity (Wildman–Crippen MR) is 43.0 cm³/mol. The Morgan fingerprint density at radius 3 is 1.82 bits per heavy atom. The number of hydrogen-bond donors (Lipinski definition) is 0. The van der Waals surface area contributed by atoms with Crippen LogP contribution >= 0.6 is 34.9 Å². The zero-order valence-corrected chi connectivity index (χ0v) is 7.28. The topological polar surface area (TPSA) is 51.6 Å². The third kappa shape index (κ3) is 1.05. The zero-order valence-electron chi connectivity index (χ0n) is 4.95. The summed E-state index contributed by atoms with van der Waals surface area (Å²) in [6.45, 7) is 0. The van der Waals surface area contributed by atoms with Crippen molar-refractivity contribution in [2.45, 2.75) is 0 Å². The van der Waals surface area contributed by atoms with E-state index in [1.54, 1.807) is 0 Å². The highest BCUT2D eigenvalue weighted by atomic mass is 35.5. The van der Waals surface area contributed by atoms with E-state index in [4.69, 9.17) is 23.2 Å². The molecule has 0 bridgehead atoms. The molecule has 2 heterocycles. The van der Waals surface area contributed by atoms with Gasteiger partial charge in [-0.05, 0) is 0 Å². The molecule has 0 spiro atoms. The summed E-state index contributed by atoms with van der Waals surface area (Å²) in [5, 5.41) is 7.60. The molecule has 0 aromatic carbocycles. The maximum absolute atomic E-state index is 5.64. The molecule has 0 aliphatic heterocycles. The predicted octanol–water partition coefficient (Wildman–Crippen LogP) is 1.79. The average Bonchev–Trinajstić information content (AvgIpc) is 2.45. The Hall–Kier alpha value is -0.520. The minimum atomic E-state index is 0.234. The minimum absolute atomic E-state index is 0.234. The molecule has 0 N–H and O–H groups in total. The second-order valence-corrected chi connectivity index (χ2v) is 2.99. The van der Waals surface area contributed by atoms with E-state index in [1.807, 2.05) is 0 Å². The van der Waals surface area contributed by atoms with Crippen LogP contribution in [0.5, 0.6) is 0 Å². The Kier molecular flexibility index (Phi) is 1.63. The first-order valence-corrected chi connectivity index (χ1v) is 4.07. The van der Waals surface area contributed by atoms with Gasteiger partial charge in [-0.25, -0.2) is 0 Å². The van der Waals surface area contributed by atoms with Crippen molar-refractivity contribution in [1.82, 2.24) is 18.9 Å². The van der Waals surface area contributed by atoms with Gasteiger partial charge in [-0.2, -0.15) is 8.75 Å². The Morgan fingerprint density at radius 2 is 1.36 bits per heavy atom. The van der Waals surface area contributed by atoms with E-state index in [0.717, 1.165) is 11.7 Å². The van der Waals surface area contributed by atoms with Gasteiger partial charge in [0.05, 0.1) is 11.7 Å². The molecule has 0 unspecified atom stereocenters. The molecule has 0 aliphatic rings. The summed E-state index contributed by atoms with van der Waals surface area (Å²) in [6.07, 6.45) is 0. The van der Waals surface area contributed by atoms with Gasteiger partial charge in [0, 0.05) is 0 Å². The van der Waals surface area contributed by atoms with Crippen LogP contribution < -0.4 is 0 Å². The van der Waals surface area contributed by atoms with Gasteiger partial charge < -0.3 is 0 Å². The summed E-state index contributed by atoms with van der Waals surface area (Å²) in [4.78, 5) is 0. The molecule has 2 rings (SSSR count). The van der Waals surface area contributed by atoms with Crippen molar-refractivity contribution in [3.8, 4) is 0 Å². The number of rotatable bonds is 0. The molecule has 2 aromatic rings. The maximum Gasteiger partial charge on any atom is 0.180 e. The molecule has 0 saturated heterocycles. The molecule has 0 aliphatic carbocycles. The number of fused-ring (bicyclic) bond motifs is 1. The lowest BCUT2D eigenvalue weighted by molar-refractivity contribution is 1.05. The van der Waals surface area contributed by atoms with Crippen molar-refractivity contribution in [2.75, 3.05) is 0 Å². The van der Waals surface area contributed by atoms with Crippen molar-refractivity contribution in [3.05, 3.63) is 10.3 Å². The molecule has 2 aromatic heterocycles. The molecule has 11 heavy (non-hydrogen) atoms. The van der Waals surface area contributed by atoms with Crippen LogP contribution in [0.4, 0.5) is 0 Å². The second kappa shape index (κ2) is 2.51. The summed E-state index contributed by atoms with van der Waals surface area (Å²) >= 11 is 12.3. The van der Waals surface area contributed by atoms with Gasteiger partial charge >= 0.3 is 0 Å². The van der Waals surface area contributed by atoms with Gasteiger partial charge in [0.25, 0.3) is 0 Å². The largest absolute Gasteiger partial charge is 0.180 e. The summed E-state index contributed by atoms with van der Waals surface area (Å²) in [7, 11) is 0. The smallest absolute Gasteiger partial charge is 0.169 e. The molecule has 4 nitrogen and oxygen atoms in total. The third-order valence-electron chi connectivity index (χ3n) is 1.10. The van der Waals surface area contributed by atoms with Gasteiger partial charge in [0.2, 0.25) is 0 Å². The van der Waals surface area contributed by atoms with E-state index >= 15 is 0 Å². The fraction of sp³-hybridized carbons (Fsp3) is 0. The SMILES string of the molecule is Clc1nnc(Cl)c2nsnc12. The molecule has 0 radical (unpaired) electrons. The number of halogens is 2. The van der Waals surface area contributed by atoms with Gasteiger partial charge in [0.1, 0.15) is 11.0 Å². The van der Waals surface area contributed by atoms with E-state index in [1.165, 1.54) is 0 Å². The molecular formula is C4Cl2N4S. The van der Waals surface area contributed by atoms with Crippen LogP contribution in [0, 0.1) is 0 Å². The Labute approximate surface area is 75.5 Å². The standard InChI is InChI=1S/C4Cl2N4S/c5-3-1-2(10-11-9-1)4(6)8-7-3. The fourth-order valence-electron chi connectivity index (χ4n) is 0.642. The monoisotopic (exact) mass is 206 g/mol. The van der Waals surface area contributed by atoms with Crippen LogP contribution in [0.3, 0.4) is 0 Å². The summed E-state index contributed by atoms with van der Waals surface area (Å²) in [6, 6.07) is 0. The lowest BCUT2D eigenvalue weighted by Gasteiger charge is -1.88. The van der Waals surface area contributed by atoms with E-state index < -0.39 is 0 Å². The summed E-state index contributed by atoms with van der Waals surface area (Å²) in [5.41, 5.74) is 1.02. The van der Waals surface area contributed by atoms with Crippen molar-refractivity contribution in [1.29, 1.82) is 0 Å². The maximum atomic E-state index is 5.64. The lowest BCUT2D eigenvalue weighted by atomic mass is 10.5. The minimum Gasteiger partial charge on any atom is -0.169 e. The lowest BCUT2D eigenvalue weighted by Crippen LogP contribution is -1.84. The molecular weight excluding hydrogens is 207 g/mol. The fourth-order valence-corrected chi connectivity index (χ4v) is 1.63. The number of aromatic nitrogens is 4. The zero-order chi connectivity index (χ0) is 7.84. The summed E-state index contributed by atoms with van der Waals surface area (Å²) in [5.74, 6) is 0. The molecule has 56 valence electrons. The highest BCUT2D eigenvalue weighted by Crippen LogP contribution is 2.22. The van der Waals surface area contributed by atoms with Crippen LogP contribution in [-0.4, -0.2) is 18.9 Å². The van der Waals surface area contributed by atoms with Crippen molar-refractivity contribution in [2.24, 2.45) is 0 Å². The van der Waals surface area contributed by atoms with Gasteiger partial charge in [-0.15, -0.1) is 10.2 Å². The van der Waals surface area contributed by atoms with Crippen LogP contribution in [0.15, 0.2) is 0 Å². The van der Waals surface area contributed by atoms with Crippen LogP contribution in [0.25, 0.3) is 11.0 Å². The average molecular weight is 207 g/mol. The Balaban J connectivity index is 2.96. The first-order chi connectivity index (χ1) is 5.29. The third-order valence-corrected chi connectivity index (χ3v) is 2.14. The molecule has 0 fully saturated rings. The Bertz CT molecular complexity index is 364. The van der Waals surface area contributed by atoms with Crippen molar-refractivity contribution >= 4 is 46.0 Å². The highest BCUT2D eigenvalue weighted by molar-refractivity contribution is 7.00. The number of nitrogens with zero attached hydrogens (tertiary/aromatic N) is 4. The molecule has 7 heteroatoms. The van der Waals surface area contributed by atoms with Crippen molar-refractivity contribution < 1.29 is 0 Å². The van der Waals surface area contributed by atoms with Crippen molar-refractivity contribution in [3.63, 3.8) is 0 Å². The molecule has 0 amide bonds. The van der Waals surface area contributed by atoms with Gasteiger partial charge in [-0.3, -0.25) is 0 Å². The van der Waals surface area contributed by atoms with E-state index in [-0.39, 0.29) is 10.3 Å². The van der Waals surface area contributed by atoms with Crippen LogP contribution in [0.1, 0.15) is 0 Å². The number of hydrogen-bond acceptors (Lipinski definition) is 5. The van der Waals surface area contributed by atoms with Gasteiger partial charge in [-0.1, -0.05) is 23.2 Å². The summed E-state index contributed by atoms with van der Waals surface area (Å²) < 4.78 is 7.78. The first kappa shape index (κ1) is 7.15. The first-order valence-electron chi connectivity index (χ1n) is 2.59. The molecule has 0 atom stereocenters. The van der Waals surface area contributed by atoms with Crippen LogP contribution in [0.2, 0.25) is 10.3 Å². The van der Waals surface area contributed by atoms with Crippen LogP contribution in [-0.2, 0) is 0 Å². The highest BCUT2D eigenvalue weighted by Gasteiger charge is 2.09.